The quantitative estimate of drug-likeness (QED) is 0.789. The fraction of sp³-hybridized carbons (Fsp3) is 0.565. The normalized spacial score (nSPS) is 23.1. The van der Waals surface area contributed by atoms with Gasteiger partial charge < -0.3 is 10.6 Å². The molecule has 2 aromatic rings. The number of piperidine rings is 2. The van der Waals surface area contributed by atoms with E-state index >= 15 is 0 Å². The van der Waals surface area contributed by atoms with Gasteiger partial charge in [-0.05, 0) is 61.9 Å². The molecule has 3 heterocycles. The molecule has 0 radical (unpaired) electrons. The number of carbonyl (C=O) groups is 1. The maximum Gasteiger partial charge on any atom is 0.272 e. The highest BCUT2D eigenvalue weighted by atomic mass is 16.1. The Morgan fingerprint density at radius 3 is 2.76 bits per heavy atom. The van der Waals surface area contributed by atoms with Crippen LogP contribution in [0.1, 0.15) is 60.3 Å². The number of amides is 1. The van der Waals surface area contributed by atoms with Gasteiger partial charge in [0.05, 0.1) is 6.04 Å². The largest absolute Gasteiger partial charge is 0.347 e. The van der Waals surface area contributed by atoms with Gasteiger partial charge in [-0.25, -0.2) is 0 Å². The summed E-state index contributed by atoms with van der Waals surface area (Å²) in [5.41, 5.74) is 2.95. The number of hydrogen-bond donors (Lipinski definition) is 2. The molecule has 0 bridgehead atoms. The molecule has 6 heteroatoms. The first-order chi connectivity index (χ1) is 14.2. The highest BCUT2D eigenvalue weighted by molar-refractivity contribution is 5.92. The zero-order valence-corrected chi connectivity index (χ0v) is 17.4. The lowest BCUT2D eigenvalue weighted by Gasteiger charge is -2.30. The Bertz CT molecular complexity index is 794. The van der Waals surface area contributed by atoms with Gasteiger partial charge in [0.25, 0.3) is 5.91 Å². The van der Waals surface area contributed by atoms with E-state index < -0.39 is 0 Å². The lowest BCUT2D eigenvalue weighted by atomic mass is 9.99. The van der Waals surface area contributed by atoms with Crippen molar-refractivity contribution in [2.24, 2.45) is 5.92 Å². The molecule has 1 aromatic heterocycles. The third kappa shape index (κ3) is 5.46. The van der Waals surface area contributed by atoms with Crippen LogP contribution in [0.2, 0.25) is 0 Å². The van der Waals surface area contributed by atoms with Crippen LogP contribution in [0.5, 0.6) is 0 Å². The summed E-state index contributed by atoms with van der Waals surface area (Å²) < 4.78 is 1.93. The van der Waals surface area contributed by atoms with Crippen molar-refractivity contribution in [2.75, 3.05) is 26.2 Å². The summed E-state index contributed by atoms with van der Waals surface area (Å²) in [6.07, 6.45) is 6.84. The van der Waals surface area contributed by atoms with Gasteiger partial charge in [-0.15, -0.1) is 0 Å². The minimum atomic E-state index is -0.112. The standard InChI is InChI=1S/C23H33N5O/c1-18-4-3-12-27(16-18)17-20-8-6-19(7-9-20)14-25-23(29)22-10-13-28(26-22)21-5-2-11-24-15-21/h6-10,13,18,21,24H,2-5,11-12,14-17H2,1H3,(H,25,29). The van der Waals surface area contributed by atoms with E-state index in [2.05, 4.69) is 51.8 Å². The maximum atomic E-state index is 12.5. The minimum Gasteiger partial charge on any atom is -0.347 e. The summed E-state index contributed by atoms with van der Waals surface area (Å²) in [6.45, 7) is 8.27. The van der Waals surface area contributed by atoms with Crippen molar-refractivity contribution in [2.45, 2.75) is 51.7 Å². The molecule has 29 heavy (non-hydrogen) atoms. The average molecular weight is 396 g/mol. The molecule has 1 aromatic carbocycles. The number of carbonyl (C=O) groups excluding carboxylic acids is 1. The third-order valence-corrected chi connectivity index (χ3v) is 6.11. The van der Waals surface area contributed by atoms with Gasteiger partial charge in [-0.1, -0.05) is 31.2 Å². The number of nitrogens with zero attached hydrogens (tertiary/aromatic N) is 3. The van der Waals surface area contributed by atoms with Crippen LogP contribution in [0.25, 0.3) is 0 Å². The molecule has 4 rings (SSSR count). The van der Waals surface area contributed by atoms with Gasteiger partial charge in [0.15, 0.2) is 0 Å². The molecule has 0 saturated carbocycles. The van der Waals surface area contributed by atoms with E-state index in [-0.39, 0.29) is 5.91 Å². The summed E-state index contributed by atoms with van der Waals surface area (Å²) in [6, 6.07) is 10.8. The molecule has 1 amide bonds. The van der Waals surface area contributed by atoms with Crippen LogP contribution in [-0.2, 0) is 13.1 Å². The molecule has 2 unspecified atom stereocenters. The average Bonchev–Trinajstić information content (AvgIpc) is 3.24. The van der Waals surface area contributed by atoms with Gasteiger partial charge in [0.2, 0.25) is 0 Å². The number of hydrogen-bond acceptors (Lipinski definition) is 4. The fourth-order valence-electron chi connectivity index (χ4n) is 4.45. The summed E-state index contributed by atoms with van der Waals surface area (Å²) in [7, 11) is 0. The first kappa shape index (κ1) is 20.1. The van der Waals surface area contributed by atoms with E-state index in [4.69, 9.17) is 0 Å². The van der Waals surface area contributed by atoms with Gasteiger partial charge in [0, 0.05) is 32.4 Å². The number of nitrogens with one attached hydrogen (secondary N) is 2. The molecule has 2 atom stereocenters. The third-order valence-electron chi connectivity index (χ3n) is 6.11. The van der Waals surface area contributed by atoms with E-state index in [9.17, 15) is 4.79 Å². The van der Waals surface area contributed by atoms with Crippen LogP contribution in [0.15, 0.2) is 36.5 Å². The Morgan fingerprint density at radius 1 is 1.17 bits per heavy atom. The van der Waals surface area contributed by atoms with E-state index in [1.807, 2.05) is 16.9 Å². The summed E-state index contributed by atoms with van der Waals surface area (Å²) in [5, 5.41) is 10.9. The van der Waals surface area contributed by atoms with E-state index in [0.717, 1.165) is 44.0 Å². The topological polar surface area (TPSA) is 62.2 Å². The van der Waals surface area contributed by atoms with E-state index in [1.54, 1.807) is 0 Å². The molecule has 0 aliphatic carbocycles. The molecular weight excluding hydrogens is 362 g/mol. The van der Waals surface area contributed by atoms with Gasteiger partial charge in [-0.3, -0.25) is 14.4 Å². The number of likely N-dealkylation sites (tertiary alicyclic amines) is 1. The highest BCUT2D eigenvalue weighted by Crippen LogP contribution is 2.18. The Hall–Kier alpha value is -2.18. The fourth-order valence-corrected chi connectivity index (χ4v) is 4.45. The maximum absolute atomic E-state index is 12.5. The van der Waals surface area contributed by atoms with Gasteiger partial charge in [0.1, 0.15) is 5.69 Å². The minimum absolute atomic E-state index is 0.112. The monoisotopic (exact) mass is 395 g/mol. The van der Waals surface area contributed by atoms with Crippen LogP contribution in [-0.4, -0.2) is 46.8 Å². The molecule has 2 aliphatic heterocycles. The Morgan fingerprint density at radius 2 is 2.00 bits per heavy atom. The molecule has 6 nitrogen and oxygen atoms in total. The second-order valence-electron chi connectivity index (χ2n) is 8.66. The second kappa shape index (κ2) is 9.55. The predicted octanol–water partition coefficient (Wildman–Crippen LogP) is 2.97. The van der Waals surface area contributed by atoms with Crippen molar-refractivity contribution in [1.82, 2.24) is 25.3 Å². The number of aromatic nitrogens is 2. The van der Waals surface area contributed by atoms with Crippen LogP contribution in [0.3, 0.4) is 0 Å². The SMILES string of the molecule is CC1CCCN(Cc2ccc(CNC(=O)c3ccn(C4CCCNC4)n3)cc2)C1. The summed E-state index contributed by atoms with van der Waals surface area (Å²) in [4.78, 5) is 15.0. The Labute approximate surface area is 173 Å². The Kier molecular flexibility index (Phi) is 6.62. The zero-order valence-electron chi connectivity index (χ0n) is 17.4. The van der Waals surface area contributed by atoms with Crippen molar-refractivity contribution in [3.8, 4) is 0 Å². The van der Waals surface area contributed by atoms with E-state index in [0.29, 0.717) is 18.3 Å². The van der Waals surface area contributed by atoms with Crippen molar-refractivity contribution < 1.29 is 4.79 Å². The number of rotatable bonds is 6. The first-order valence-electron chi connectivity index (χ1n) is 11.0. The van der Waals surface area contributed by atoms with Gasteiger partial charge in [-0.2, -0.15) is 5.10 Å². The smallest absolute Gasteiger partial charge is 0.272 e. The van der Waals surface area contributed by atoms with Crippen LogP contribution >= 0.6 is 0 Å². The summed E-state index contributed by atoms with van der Waals surface area (Å²) >= 11 is 0. The van der Waals surface area contributed by atoms with Crippen molar-refractivity contribution >= 4 is 5.91 Å². The molecule has 2 fully saturated rings. The molecule has 0 spiro atoms. The summed E-state index contributed by atoms with van der Waals surface area (Å²) in [5.74, 6) is 0.690. The number of benzene rings is 1. The lowest BCUT2D eigenvalue weighted by Crippen LogP contribution is -2.33. The highest BCUT2D eigenvalue weighted by Gasteiger charge is 2.18. The van der Waals surface area contributed by atoms with Crippen LogP contribution in [0, 0.1) is 5.92 Å². The second-order valence-corrected chi connectivity index (χ2v) is 8.66. The van der Waals surface area contributed by atoms with Crippen LogP contribution in [0.4, 0.5) is 0 Å². The molecule has 2 N–H and O–H groups in total. The molecule has 2 aliphatic rings. The first-order valence-corrected chi connectivity index (χ1v) is 11.0. The van der Waals surface area contributed by atoms with E-state index in [1.165, 1.54) is 31.5 Å². The lowest BCUT2D eigenvalue weighted by molar-refractivity contribution is 0.0944. The Balaban J connectivity index is 1.26. The van der Waals surface area contributed by atoms with Crippen molar-refractivity contribution in [1.29, 1.82) is 0 Å². The van der Waals surface area contributed by atoms with Crippen molar-refractivity contribution in [3.63, 3.8) is 0 Å². The predicted molar refractivity (Wildman–Crippen MR) is 115 cm³/mol. The van der Waals surface area contributed by atoms with Gasteiger partial charge >= 0.3 is 0 Å². The van der Waals surface area contributed by atoms with Crippen molar-refractivity contribution in [3.05, 3.63) is 53.3 Å². The molecule has 156 valence electrons. The zero-order chi connectivity index (χ0) is 20.1. The van der Waals surface area contributed by atoms with Crippen LogP contribution < -0.4 is 10.6 Å². The molecule has 2 saturated heterocycles. The molecular formula is C23H33N5O.